The van der Waals surface area contributed by atoms with E-state index >= 15 is 0 Å². The van der Waals surface area contributed by atoms with E-state index in [0.29, 0.717) is 0 Å². The largest absolute Gasteiger partial charge is 0.480 e. The fourth-order valence-corrected chi connectivity index (χ4v) is 2.09. The molecule has 0 saturated heterocycles. The van der Waals surface area contributed by atoms with Gasteiger partial charge in [-0.2, -0.15) is 0 Å². The normalized spacial score (nSPS) is 14.4. The highest BCUT2D eigenvalue weighted by Gasteiger charge is 2.24. The molecule has 0 aliphatic carbocycles. The number of carboxylic acid groups (broad SMARTS) is 1. The van der Waals surface area contributed by atoms with Gasteiger partial charge in [-0.05, 0) is 17.9 Å². The van der Waals surface area contributed by atoms with Gasteiger partial charge in [0.15, 0.2) is 0 Å². The average molecular weight is 249 g/mol. The smallest absolute Gasteiger partial charge is 0.320 e. The van der Waals surface area contributed by atoms with E-state index in [-0.39, 0.29) is 12.0 Å². The topological polar surface area (TPSA) is 49.3 Å². The second-order valence-electron chi connectivity index (χ2n) is 4.98. The summed E-state index contributed by atoms with van der Waals surface area (Å²) in [6.45, 7) is 5.97. The third-order valence-corrected chi connectivity index (χ3v) is 3.09. The number of benzene rings is 1. The Morgan fingerprint density at radius 3 is 2.33 bits per heavy atom. The molecular weight excluding hydrogens is 226 g/mol. The summed E-state index contributed by atoms with van der Waals surface area (Å²) in [5, 5.41) is 12.5. The van der Waals surface area contributed by atoms with Gasteiger partial charge in [-0.3, -0.25) is 10.1 Å². The van der Waals surface area contributed by atoms with Gasteiger partial charge in [-0.15, -0.1) is 0 Å². The van der Waals surface area contributed by atoms with Crippen LogP contribution in [0.1, 0.15) is 45.2 Å². The molecule has 0 spiro atoms. The number of nitrogens with one attached hydrogen (secondary N) is 1. The van der Waals surface area contributed by atoms with Crippen LogP contribution in [0.2, 0.25) is 0 Å². The first-order valence-electron chi connectivity index (χ1n) is 6.60. The molecule has 3 heteroatoms. The van der Waals surface area contributed by atoms with Gasteiger partial charge >= 0.3 is 5.97 Å². The molecule has 18 heavy (non-hydrogen) atoms. The van der Waals surface area contributed by atoms with Crippen LogP contribution in [-0.4, -0.2) is 17.1 Å². The van der Waals surface area contributed by atoms with Gasteiger partial charge in [0.2, 0.25) is 0 Å². The predicted octanol–water partition coefficient (Wildman–Crippen LogP) is 3.23. The van der Waals surface area contributed by atoms with Crippen molar-refractivity contribution in [2.75, 3.05) is 0 Å². The quantitative estimate of drug-likeness (QED) is 0.780. The molecular formula is C15H23NO2. The van der Waals surface area contributed by atoms with E-state index in [9.17, 15) is 9.90 Å². The molecule has 2 unspecified atom stereocenters. The Labute approximate surface area is 109 Å². The summed E-state index contributed by atoms with van der Waals surface area (Å²) in [7, 11) is 0. The van der Waals surface area contributed by atoms with Gasteiger partial charge in [-0.1, -0.05) is 57.5 Å². The second kappa shape index (κ2) is 7.17. The number of rotatable bonds is 7. The molecule has 1 aromatic carbocycles. The molecule has 0 heterocycles. The third-order valence-electron chi connectivity index (χ3n) is 3.09. The van der Waals surface area contributed by atoms with Crippen LogP contribution in [0.4, 0.5) is 0 Å². The number of aliphatic carboxylic acids is 1. The molecule has 0 radical (unpaired) electrons. The zero-order valence-electron chi connectivity index (χ0n) is 11.4. The first kappa shape index (κ1) is 14.7. The maximum atomic E-state index is 11.2. The van der Waals surface area contributed by atoms with Crippen LogP contribution < -0.4 is 5.32 Å². The molecule has 0 aliphatic heterocycles. The Morgan fingerprint density at radius 2 is 1.89 bits per heavy atom. The third kappa shape index (κ3) is 4.15. The number of hydrogen-bond acceptors (Lipinski definition) is 2. The van der Waals surface area contributed by atoms with Crippen molar-refractivity contribution in [2.45, 2.75) is 45.7 Å². The summed E-state index contributed by atoms with van der Waals surface area (Å²) in [5.41, 5.74) is 1.16. The van der Waals surface area contributed by atoms with Crippen molar-refractivity contribution in [3.8, 4) is 0 Å². The van der Waals surface area contributed by atoms with E-state index in [1.807, 2.05) is 44.2 Å². The Morgan fingerprint density at radius 1 is 1.28 bits per heavy atom. The van der Waals surface area contributed by atoms with Crippen LogP contribution in [0.5, 0.6) is 0 Å². The maximum absolute atomic E-state index is 11.2. The maximum Gasteiger partial charge on any atom is 0.320 e. The molecule has 100 valence electrons. The van der Waals surface area contributed by atoms with Gasteiger partial charge in [-0.25, -0.2) is 0 Å². The Bertz CT molecular complexity index is 362. The van der Waals surface area contributed by atoms with E-state index in [0.717, 1.165) is 18.4 Å². The molecule has 0 fully saturated rings. The standard InChI is InChI=1S/C15H23NO2/c1-4-8-13(12-9-6-5-7-10-12)16-14(11(2)3)15(17)18/h5-7,9-11,13-14,16H,4,8H2,1-3H3,(H,17,18). The van der Waals surface area contributed by atoms with Crippen LogP contribution in [0.3, 0.4) is 0 Å². The van der Waals surface area contributed by atoms with Crippen molar-refractivity contribution in [3.63, 3.8) is 0 Å². The molecule has 0 saturated carbocycles. The van der Waals surface area contributed by atoms with E-state index < -0.39 is 12.0 Å². The predicted molar refractivity (Wildman–Crippen MR) is 73.5 cm³/mol. The molecule has 0 aromatic heterocycles. The van der Waals surface area contributed by atoms with Crippen molar-refractivity contribution < 1.29 is 9.90 Å². The number of hydrogen-bond donors (Lipinski definition) is 2. The van der Waals surface area contributed by atoms with Gasteiger partial charge in [0, 0.05) is 6.04 Å². The minimum atomic E-state index is -0.776. The molecule has 3 nitrogen and oxygen atoms in total. The summed E-state index contributed by atoms with van der Waals surface area (Å²) >= 11 is 0. The van der Waals surface area contributed by atoms with Gasteiger partial charge in [0.25, 0.3) is 0 Å². The molecule has 2 N–H and O–H groups in total. The molecule has 1 rings (SSSR count). The summed E-state index contributed by atoms with van der Waals surface area (Å²) in [6.07, 6.45) is 1.97. The van der Waals surface area contributed by atoms with E-state index in [1.54, 1.807) is 0 Å². The van der Waals surface area contributed by atoms with E-state index in [2.05, 4.69) is 12.2 Å². The highest BCUT2D eigenvalue weighted by molar-refractivity contribution is 5.73. The van der Waals surface area contributed by atoms with Crippen molar-refractivity contribution in [2.24, 2.45) is 5.92 Å². The van der Waals surface area contributed by atoms with Crippen molar-refractivity contribution in [1.82, 2.24) is 5.32 Å². The van der Waals surface area contributed by atoms with Crippen LogP contribution in [-0.2, 0) is 4.79 Å². The van der Waals surface area contributed by atoms with Crippen LogP contribution in [0.15, 0.2) is 30.3 Å². The Kier molecular flexibility index (Phi) is 5.86. The fraction of sp³-hybridized carbons (Fsp3) is 0.533. The lowest BCUT2D eigenvalue weighted by Gasteiger charge is -2.25. The number of carboxylic acids is 1. The van der Waals surface area contributed by atoms with Gasteiger partial charge in [0.1, 0.15) is 6.04 Å². The molecule has 0 bridgehead atoms. The van der Waals surface area contributed by atoms with Gasteiger partial charge < -0.3 is 5.11 Å². The van der Waals surface area contributed by atoms with Gasteiger partial charge in [0.05, 0.1) is 0 Å². The monoisotopic (exact) mass is 249 g/mol. The molecule has 2 atom stereocenters. The zero-order chi connectivity index (χ0) is 13.5. The number of carbonyl (C=O) groups is 1. The average Bonchev–Trinajstić information content (AvgIpc) is 2.34. The minimum absolute atomic E-state index is 0.0746. The lowest BCUT2D eigenvalue weighted by atomic mass is 9.98. The summed E-state index contributed by atoms with van der Waals surface area (Å²) in [5.74, 6) is -0.701. The fourth-order valence-electron chi connectivity index (χ4n) is 2.09. The Balaban J connectivity index is 2.83. The van der Waals surface area contributed by atoms with Crippen molar-refractivity contribution in [1.29, 1.82) is 0 Å². The van der Waals surface area contributed by atoms with Crippen LogP contribution >= 0.6 is 0 Å². The molecule has 0 amide bonds. The van der Waals surface area contributed by atoms with Crippen LogP contribution in [0, 0.1) is 5.92 Å². The van der Waals surface area contributed by atoms with Crippen LogP contribution in [0.25, 0.3) is 0 Å². The van der Waals surface area contributed by atoms with Crippen molar-refractivity contribution >= 4 is 5.97 Å². The van der Waals surface area contributed by atoms with Crippen molar-refractivity contribution in [3.05, 3.63) is 35.9 Å². The zero-order valence-corrected chi connectivity index (χ0v) is 11.4. The lowest BCUT2D eigenvalue weighted by molar-refractivity contribution is -0.140. The van der Waals surface area contributed by atoms with E-state index in [4.69, 9.17) is 0 Å². The highest BCUT2D eigenvalue weighted by Crippen LogP contribution is 2.20. The summed E-state index contributed by atoms with van der Waals surface area (Å²) in [6, 6.07) is 9.67. The highest BCUT2D eigenvalue weighted by atomic mass is 16.4. The SMILES string of the molecule is CCCC(NC(C(=O)O)C(C)C)c1ccccc1. The molecule has 0 aliphatic rings. The van der Waals surface area contributed by atoms with E-state index in [1.165, 1.54) is 0 Å². The minimum Gasteiger partial charge on any atom is -0.480 e. The first-order valence-corrected chi connectivity index (χ1v) is 6.60. The summed E-state index contributed by atoms with van der Waals surface area (Å²) < 4.78 is 0. The molecule has 1 aromatic rings. The lowest BCUT2D eigenvalue weighted by Crippen LogP contribution is -2.42. The summed E-state index contributed by atoms with van der Waals surface area (Å²) in [4.78, 5) is 11.2. The second-order valence-corrected chi connectivity index (χ2v) is 4.98. The first-order chi connectivity index (χ1) is 8.56. The Hall–Kier alpha value is -1.35.